The van der Waals surface area contributed by atoms with Crippen LogP contribution in [-0.2, 0) is 6.42 Å². The fraction of sp³-hybridized carbons (Fsp3) is 0.0526. The van der Waals surface area contributed by atoms with Crippen molar-refractivity contribution in [2.24, 2.45) is 5.92 Å². The van der Waals surface area contributed by atoms with Crippen LogP contribution in [0.1, 0.15) is 18.1 Å². The van der Waals surface area contributed by atoms with Crippen molar-refractivity contribution in [3.8, 4) is 39.1 Å². The number of hydrogen-bond donors (Lipinski definition) is 0. The highest BCUT2D eigenvalue weighted by molar-refractivity contribution is 6.11. The van der Waals surface area contributed by atoms with Crippen molar-refractivity contribution < 1.29 is 0 Å². The Hall–Kier alpha value is -7.42. The van der Waals surface area contributed by atoms with Gasteiger partial charge in [-0.2, -0.15) is 0 Å². The lowest BCUT2D eigenvalue weighted by atomic mass is 9.86. The van der Waals surface area contributed by atoms with Gasteiger partial charge in [0.1, 0.15) is 0 Å². The predicted molar refractivity (Wildman–Crippen MR) is 250 cm³/mol. The minimum absolute atomic E-state index is 0.265. The smallest absolute Gasteiger partial charge is 0.0547 e. The summed E-state index contributed by atoms with van der Waals surface area (Å²) in [4.78, 5) is 2.58. The van der Waals surface area contributed by atoms with E-state index in [-0.39, 0.29) is 5.92 Å². The van der Waals surface area contributed by atoms with Gasteiger partial charge in [-0.15, -0.1) is 0 Å². The molecule has 2 heteroatoms. The maximum Gasteiger partial charge on any atom is 0.0547 e. The number of nitrogens with zero attached hydrogens (tertiary/aromatic N) is 2. The van der Waals surface area contributed by atoms with Crippen molar-refractivity contribution in [2.75, 3.05) is 4.90 Å². The highest BCUT2D eigenvalue weighted by Crippen LogP contribution is 2.48. The fourth-order valence-corrected chi connectivity index (χ4v) is 9.52. The molecule has 0 bridgehead atoms. The number of para-hydroxylation sites is 4. The molecule has 11 rings (SSSR count). The average Bonchev–Trinajstić information content (AvgIpc) is 3.63. The molecular weight excluding hydrogens is 713 g/mol. The van der Waals surface area contributed by atoms with Crippen LogP contribution in [0.4, 0.5) is 11.4 Å². The summed E-state index contributed by atoms with van der Waals surface area (Å²) >= 11 is 0. The zero-order valence-corrected chi connectivity index (χ0v) is 33.0. The molecule has 0 saturated carbocycles. The van der Waals surface area contributed by atoms with Gasteiger partial charge >= 0.3 is 0 Å². The van der Waals surface area contributed by atoms with Gasteiger partial charge in [0.2, 0.25) is 0 Å². The molecule has 59 heavy (non-hydrogen) atoms. The quantitative estimate of drug-likeness (QED) is 0.157. The van der Waals surface area contributed by atoms with Crippen molar-refractivity contribution in [3.63, 3.8) is 0 Å². The molecule has 1 heterocycles. The number of benzene rings is 9. The van der Waals surface area contributed by atoms with Crippen molar-refractivity contribution in [1.29, 1.82) is 0 Å². The Morgan fingerprint density at radius 2 is 1.07 bits per heavy atom. The third-order valence-corrected chi connectivity index (χ3v) is 12.2. The summed E-state index contributed by atoms with van der Waals surface area (Å²) in [6, 6.07) is 77.7. The molecule has 1 aliphatic rings. The summed E-state index contributed by atoms with van der Waals surface area (Å²) in [7, 11) is 0. The normalized spacial score (nSPS) is 13.7. The van der Waals surface area contributed by atoms with Gasteiger partial charge in [0.15, 0.2) is 0 Å². The first-order valence-corrected chi connectivity index (χ1v) is 20.7. The molecule has 280 valence electrons. The fourth-order valence-electron chi connectivity index (χ4n) is 9.52. The van der Waals surface area contributed by atoms with Crippen LogP contribution in [0.2, 0.25) is 0 Å². The summed E-state index contributed by atoms with van der Waals surface area (Å²) in [5.74, 6) is 0.265. The van der Waals surface area contributed by atoms with Crippen LogP contribution in [0.15, 0.2) is 218 Å². The predicted octanol–water partition coefficient (Wildman–Crippen LogP) is 15.3. The Kier molecular flexibility index (Phi) is 8.56. The van der Waals surface area contributed by atoms with Gasteiger partial charge in [-0.1, -0.05) is 183 Å². The molecule has 0 amide bonds. The van der Waals surface area contributed by atoms with Gasteiger partial charge in [-0.3, -0.25) is 0 Å². The number of fused-ring (bicyclic) bond motifs is 5. The summed E-state index contributed by atoms with van der Waals surface area (Å²) in [6.45, 7) is 2.38. The summed E-state index contributed by atoms with van der Waals surface area (Å²) < 4.78 is 2.41. The summed E-state index contributed by atoms with van der Waals surface area (Å²) in [5, 5.41) is 4.99. The highest BCUT2D eigenvalue weighted by Gasteiger charge is 2.29. The molecule has 10 aromatic rings. The van der Waals surface area contributed by atoms with Crippen LogP contribution in [-0.4, -0.2) is 4.57 Å². The molecule has 1 aliphatic carbocycles. The number of allylic oxidation sites excluding steroid dienone is 1. The van der Waals surface area contributed by atoms with Crippen molar-refractivity contribution in [2.45, 2.75) is 13.3 Å². The Balaban J connectivity index is 1.17. The summed E-state index contributed by atoms with van der Waals surface area (Å²) in [6.07, 6.45) is 3.41. The molecule has 0 N–H and O–H groups in total. The van der Waals surface area contributed by atoms with Crippen molar-refractivity contribution in [3.05, 3.63) is 229 Å². The van der Waals surface area contributed by atoms with Crippen molar-refractivity contribution in [1.82, 2.24) is 4.57 Å². The van der Waals surface area contributed by atoms with E-state index < -0.39 is 0 Å². The molecule has 1 aromatic heterocycles. The molecule has 0 saturated heterocycles. The Morgan fingerprint density at radius 3 is 1.88 bits per heavy atom. The van der Waals surface area contributed by atoms with Crippen molar-refractivity contribution >= 4 is 50.0 Å². The lowest BCUT2D eigenvalue weighted by Gasteiger charge is -2.36. The van der Waals surface area contributed by atoms with E-state index in [2.05, 4.69) is 235 Å². The number of hydrogen-bond acceptors (Lipinski definition) is 1. The number of rotatable bonds is 7. The second-order valence-corrected chi connectivity index (χ2v) is 15.7. The Labute approximate surface area is 345 Å². The zero-order chi connectivity index (χ0) is 39.3. The van der Waals surface area contributed by atoms with E-state index in [1.807, 2.05) is 0 Å². The molecule has 0 aliphatic heterocycles. The molecule has 9 aromatic carbocycles. The van der Waals surface area contributed by atoms with Crippen LogP contribution >= 0.6 is 0 Å². The molecule has 1 atom stereocenters. The Bertz CT molecular complexity index is 3200. The van der Waals surface area contributed by atoms with Crippen LogP contribution in [0, 0.1) is 5.92 Å². The van der Waals surface area contributed by atoms with Gasteiger partial charge in [0.05, 0.1) is 22.4 Å². The largest absolute Gasteiger partial charge is 0.313 e. The van der Waals surface area contributed by atoms with Gasteiger partial charge < -0.3 is 9.47 Å². The Morgan fingerprint density at radius 1 is 0.458 bits per heavy atom. The van der Waals surface area contributed by atoms with E-state index in [1.165, 1.54) is 82.8 Å². The molecule has 2 nitrogen and oxygen atoms in total. The van der Waals surface area contributed by atoms with E-state index in [0.29, 0.717) is 0 Å². The minimum Gasteiger partial charge on any atom is -0.313 e. The first-order valence-electron chi connectivity index (χ1n) is 20.7. The summed E-state index contributed by atoms with van der Waals surface area (Å²) in [5.41, 5.74) is 17.1. The topological polar surface area (TPSA) is 8.17 Å². The van der Waals surface area contributed by atoms with Crippen LogP contribution < -0.4 is 4.90 Å². The van der Waals surface area contributed by atoms with Gasteiger partial charge in [-0.05, 0) is 93.0 Å². The standard InChI is InChI=1S/C57H42N2/c1-39-36-42-20-8-9-21-43(42)37-55(39)59(54-33-15-12-28-49(54)51-30-17-23-41-22-16-29-47(57(41)51)40-18-4-2-5-19-40)52-31-13-10-26-46(52)44-34-35-50-48-27-11-14-32-53(48)58(56(50)38-44)45-24-6-3-7-25-45/h2-35,37-39H,36H2,1H3. The van der Waals surface area contributed by atoms with E-state index in [1.54, 1.807) is 0 Å². The molecule has 1 unspecified atom stereocenters. The second-order valence-electron chi connectivity index (χ2n) is 15.7. The third kappa shape index (κ3) is 5.96. The molecule has 0 fully saturated rings. The molecular formula is C57H42N2. The average molecular weight is 755 g/mol. The zero-order valence-electron chi connectivity index (χ0n) is 33.0. The second kappa shape index (κ2) is 14.5. The first kappa shape index (κ1) is 34.8. The van der Waals surface area contributed by atoms with Gasteiger partial charge in [0, 0.05) is 39.2 Å². The number of aromatic nitrogens is 1. The van der Waals surface area contributed by atoms with E-state index in [4.69, 9.17) is 0 Å². The maximum atomic E-state index is 2.58. The monoisotopic (exact) mass is 754 g/mol. The molecule has 0 radical (unpaired) electrons. The van der Waals surface area contributed by atoms with Crippen LogP contribution in [0.25, 0.3) is 77.7 Å². The van der Waals surface area contributed by atoms with Crippen LogP contribution in [0.3, 0.4) is 0 Å². The SMILES string of the molecule is CC1Cc2ccccc2C=C1N(c1ccccc1-c1ccc2c3ccccc3n(-c3ccccc3)c2c1)c1ccccc1-c1cccc2cccc(-c3ccccc3)c12. The third-order valence-electron chi connectivity index (χ3n) is 12.2. The first-order chi connectivity index (χ1) is 29.2. The van der Waals surface area contributed by atoms with Crippen LogP contribution in [0.5, 0.6) is 0 Å². The lowest BCUT2D eigenvalue weighted by Crippen LogP contribution is -2.26. The minimum atomic E-state index is 0.265. The van der Waals surface area contributed by atoms with E-state index >= 15 is 0 Å². The highest BCUT2D eigenvalue weighted by atomic mass is 15.2. The van der Waals surface area contributed by atoms with Gasteiger partial charge in [0.25, 0.3) is 0 Å². The molecule has 0 spiro atoms. The van der Waals surface area contributed by atoms with E-state index in [0.717, 1.165) is 23.5 Å². The van der Waals surface area contributed by atoms with E-state index in [9.17, 15) is 0 Å². The van der Waals surface area contributed by atoms with Gasteiger partial charge in [-0.25, -0.2) is 0 Å². The lowest BCUT2D eigenvalue weighted by molar-refractivity contribution is 0.657. The maximum absolute atomic E-state index is 2.58. The number of anilines is 2.